The third kappa shape index (κ3) is 6.00. The quantitative estimate of drug-likeness (QED) is 0.276. The van der Waals surface area contributed by atoms with Crippen LogP contribution in [0, 0.1) is 6.92 Å². The molecular weight excluding hydrogens is 473 g/mol. The summed E-state index contributed by atoms with van der Waals surface area (Å²) < 4.78 is 24.6. The van der Waals surface area contributed by atoms with Gasteiger partial charge in [-0.25, -0.2) is 14.4 Å². The molecule has 0 aliphatic heterocycles. The van der Waals surface area contributed by atoms with Crippen molar-refractivity contribution >= 4 is 34.0 Å². The molecule has 1 aromatic heterocycles. The maximum absolute atomic E-state index is 13.6. The number of nitrogens with zero attached hydrogens (tertiary/aromatic N) is 2. The van der Waals surface area contributed by atoms with Crippen molar-refractivity contribution in [1.82, 2.24) is 9.97 Å². The van der Waals surface area contributed by atoms with E-state index in [0.29, 0.717) is 21.7 Å². The lowest BCUT2D eigenvalue weighted by Gasteiger charge is -2.28. The van der Waals surface area contributed by atoms with Gasteiger partial charge < -0.3 is 40.7 Å². The zero-order valence-corrected chi connectivity index (χ0v) is 19.2. The van der Waals surface area contributed by atoms with Crippen molar-refractivity contribution in [3.05, 3.63) is 47.2 Å². The fourth-order valence-electron chi connectivity index (χ4n) is 3.19. The summed E-state index contributed by atoms with van der Waals surface area (Å²) in [5.74, 6) is 0.799. The lowest BCUT2D eigenvalue weighted by Crippen LogP contribution is -2.48. The molecule has 10 nitrogen and oxygen atoms in total. The predicted octanol–water partition coefficient (Wildman–Crippen LogP) is 1.31. The molecule has 0 aliphatic carbocycles. The van der Waals surface area contributed by atoms with Gasteiger partial charge in [-0.15, -0.1) is 0 Å². The average molecular weight is 500 g/mol. The van der Waals surface area contributed by atoms with Gasteiger partial charge in [0.1, 0.15) is 24.4 Å². The molecule has 0 amide bonds. The van der Waals surface area contributed by atoms with Crippen molar-refractivity contribution < 1.29 is 39.8 Å². The minimum absolute atomic E-state index is 0. The Bertz CT molecular complexity index is 1110. The van der Waals surface area contributed by atoms with E-state index in [1.807, 2.05) is 13.0 Å². The van der Waals surface area contributed by atoms with Gasteiger partial charge in [-0.05, 0) is 30.7 Å². The maximum atomic E-state index is 13.6. The summed E-state index contributed by atoms with van der Waals surface area (Å²) in [4.78, 5) is 8.53. The van der Waals surface area contributed by atoms with E-state index in [-0.39, 0.29) is 17.0 Å². The Morgan fingerprint density at radius 1 is 1.06 bits per heavy atom. The molecule has 0 aliphatic rings. The first-order valence-electron chi connectivity index (χ1n) is 10.0. The number of aliphatic hydroxyl groups excluding tert-OH is 4. The van der Waals surface area contributed by atoms with Crippen LogP contribution in [0.1, 0.15) is 5.56 Å². The Hall–Kier alpha value is -2.80. The van der Waals surface area contributed by atoms with E-state index in [4.69, 9.17) is 26.2 Å². The Balaban J connectivity index is 0.00000408. The molecule has 0 fully saturated rings. The van der Waals surface area contributed by atoms with Crippen LogP contribution < -0.4 is 14.8 Å². The van der Waals surface area contributed by atoms with Crippen molar-refractivity contribution in [3.8, 4) is 11.5 Å². The fourth-order valence-corrected chi connectivity index (χ4v) is 3.36. The number of alkyl halides is 1. The standard InChI is InChI=1S/C22H25ClFN3O6.H2O/c1-11-3-4-12(23)5-15(11)27-22-13-6-17(32-2)18(7-16(13)25-10-26-22)33-19(9-29)21(31)20(30)14(24)8-28;/h3-7,10,14,19-21,28-31H,8-9H2,1-2H3,(H,25,26,27);1H2/t14-,19-,20+,21+;/m1./s1. The van der Waals surface area contributed by atoms with Crippen LogP contribution in [0.5, 0.6) is 11.5 Å². The first kappa shape index (κ1) is 27.4. The van der Waals surface area contributed by atoms with E-state index in [1.54, 1.807) is 18.2 Å². The van der Waals surface area contributed by atoms with Crippen LogP contribution in [0.25, 0.3) is 10.9 Å². The number of rotatable bonds is 10. The van der Waals surface area contributed by atoms with Crippen molar-refractivity contribution in [3.63, 3.8) is 0 Å². The number of anilines is 2. The van der Waals surface area contributed by atoms with E-state index in [1.165, 1.54) is 19.5 Å². The summed E-state index contributed by atoms with van der Waals surface area (Å²) in [7, 11) is 1.40. The number of aryl methyl sites for hydroxylation is 1. The highest BCUT2D eigenvalue weighted by atomic mass is 35.5. The van der Waals surface area contributed by atoms with Gasteiger partial charge in [0.15, 0.2) is 23.8 Å². The molecule has 1 heterocycles. The summed E-state index contributed by atoms with van der Waals surface area (Å²) in [6.45, 7) is 0.193. The molecule has 3 rings (SSSR count). The summed E-state index contributed by atoms with van der Waals surface area (Å²) in [6.07, 6.45) is -5.93. The minimum atomic E-state index is -2.10. The van der Waals surface area contributed by atoms with Gasteiger partial charge in [-0.3, -0.25) is 0 Å². The number of aliphatic hydroxyl groups is 4. The monoisotopic (exact) mass is 499 g/mol. The van der Waals surface area contributed by atoms with Crippen LogP contribution in [0.4, 0.5) is 15.9 Å². The first-order chi connectivity index (χ1) is 15.8. The molecule has 7 N–H and O–H groups in total. The second-order valence-electron chi connectivity index (χ2n) is 7.35. The number of ether oxygens (including phenoxy) is 2. The van der Waals surface area contributed by atoms with Crippen molar-refractivity contribution in [1.29, 1.82) is 0 Å². The molecule has 186 valence electrons. The van der Waals surface area contributed by atoms with Crippen LogP contribution in [0.2, 0.25) is 5.02 Å². The number of nitrogens with one attached hydrogen (secondary N) is 1. The summed E-state index contributed by atoms with van der Waals surface area (Å²) in [5, 5.41) is 42.9. The largest absolute Gasteiger partial charge is 0.493 e. The number of hydrogen-bond donors (Lipinski definition) is 5. The van der Waals surface area contributed by atoms with Gasteiger partial charge in [0.2, 0.25) is 0 Å². The Labute approximate surface area is 199 Å². The van der Waals surface area contributed by atoms with Gasteiger partial charge >= 0.3 is 0 Å². The molecule has 2 aromatic carbocycles. The molecule has 0 saturated carbocycles. The third-order valence-electron chi connectivity index (χ3n) is 5.11. The van der Waals surface area contributed by atoms with Crippen LogP contribution in [0.3, 0.4) is 0 Å². The van der Waals surface area contributed by atoms with Crippen LogP contribution >= 0.6 is 11.6 Å². The van der Waals surface area contributed by atoms with E-state index < -0.39 is 37.7 Å². The van der Waals surface area contributed by atoms with Gasteiger partial charge in [0.05, 0.1) is 25.8 Å². The lowest BCUT2D eigenvalue weighted by molar-refractivity contribution is -0.0981. The number of hydrogen-bond acceptors (Lipinski definition) is 9. The van der Waals surface area contributed by atoms with Crippen LogP contribution in [-0.4, -0.2) is 80.7 Å². The summed E-state index contributed by atoms with van der Waals surface area (Å²) in [6, 6.07) is 8.53. The fraction of sp³-hybridized carbons (Fsp3) is 0.364. The highest BCUT2D eigenvalue weighted by molar-refractivity contribution is 6.30. The second-order valence-corrected chi connectivity index (χ2v) is 7.78. The normalized spacial score (nSPS) is 14.6. The summed E-state index contributed by atoms with van der Waals surface area (Å²) in [5.41, 5.74) is 2.16. The van der Waals surface area contributed by atoms with E-state index in [9.17, 15) is 19.7 Å². The van der Waals surface area contributed by atoms with Gasteiger partial charge in [-0.2, -0.15) is 0 Å². The molecule has 3 aromatic rings. The van der Waals surface area contributed by atoms with Gasteiger partial charge in [0, 0.05) is 22.2 Å². The minimum Gasteiger partial charge on any atom is -0.493 e. The number of fused-ring (bicyclic) bond motifs is 1. The third-order valence-corrected chi connectivity index (χ3v) is 5.34. The number of aromatic nitrogens is 2. The average Bonchev–Trinajstić information content (AvgIpc) is 2.82. The molecule has 12 heteroatoms. The Kier molecular flexibility index (Phi) is 9.74. The molecule has 0 saturated heterocycles. The number of methoxy groups -OCH3 is 1. The molecular formula is C22H27ClFN3O7. The van der Waals surface area contributed by atoms with Crippen molar-refractivity contribution in [2.45, 2.75) is 31.4 Å². The second kappa shape index (κ2) is 12.1. The van der Waals surface area contributed by atoms with Gasteiger partial charge in [0.25, 0.3) is 0 Å². The smallest absolute Gasteiger partial charge is 0.164 e. The number of halogens is 2. The van der Waals surface area contributed by atoms with E-state index >= 15 is 0 Å². The highest BCUT2D eigenvalue weighted by Crippen LogP contribution is 2.36. The molecule has 0 spiro atoms. The van der Waals surface area contributed by atoms with Crippen LogP contribution in [-0.2, 0) is 0 Å². The topological polar surface area (TPSA) is 169 Å². The maximum Gasteiger partial charge on any atom is 0.164 e. The van der Waals surface area contributed by atoms with Gasteiger partial charge in [-0.1, -0.05) is 17.7 Å². The van der Waals surface area contributed by atoms with Crippen molar-refractivity contribution in [2.24, 2.45) is 0 Å². The van der Waals surface area contributed by atoms with E-state index in [2.05, 4.69) is 15.3 Å². The molecule has 0 unspecified atom stereocenters. The van der Waals surface area contributed by atoms with E-state index in [0.717, 1.165) is 11.3 Å². The predicted molar refractivity (Wildman–Crippen MR) is 125 cm³/mol. The molecule has 0 bridgehead atoms. The molecule has 0 radical (unpaired) electrons. The lowest BCUT2D eigenvalue weighted by atomic mass is 10.0. The highest BCUT2D eigenvalue weighted by Gasteiger charge is 2.34. The first-order valence-corrected chi connectivity index (χ1v) is 10.4. The van der Waals surface area contributed by atoms with Crippen molar-refractivity contribution in [2.75, 3.05) is 25.6 Å². The molecule has 4 atom stereocenters. The zero-order chi connectivity index (χ0) is 24.1. The summed E-state index contributed by atoms with van der Waals surface area (Å²) >= 11 is 6.10. The SMILES string of the molecule is COc1cc2c(Nc3cc(Cl)ccc3C)ncnc2cc1O[C@H](CO)[C@H](O)[C@@H](O)[C@H](F)CO.O. The Morgan fingerprint density at radius 3 is 2.44 bits per heavy atom. The zero-order valence-electron chi connectivity index (χ0n) is 18.4. The Morgan fingerprint density at radius 2 is 1.79 bits per heavy atom. The number of benzene rings is 2. The molecule has 34 heavy (non-hydrogen) atoms. The van der Waals surface area contributed by atoms with Crippen LogP contribution in [0.15, 0.2) is 36.7 Å².